The van der Waals surface area contributed by atoms with Crippen molar-refractivity contribution in [3.63, 3.8) is 0 Å². The Kier molecular flexibility index (Phi) is 5.83. The zero-order valence-corrected chi connectivity index (χ0v) is 12.5. The minimum atomic E-state index is 0.273. The third kappa shape index (κ3) is 4.11. The molecular weight excluding hydrogens is 220 g/mol. The molecule has 0 aromatic heterocycles. The zero-order chi connectivity index (χ0) is 13.7. The SMILES string of the molecule is CNC(CCC(C)N)c1cc(C(C)C)ccc1C. The van der Waals surface area contributed by atoms with Crippen molar-refractivity contribution in [2.24, 2.45) is 5.73 Å². The summed E-state index contributed by atoms with van der Waals surface area (Å²) in [5.74, 6) is 0.579. The van der Waals surface area contributed by atoms with Crippen LogP contribution < -0.4 is 11.1 Å². The highest BCUT2D eigenvalue weighted by Crippen LogP contribution is 2.26. The normalized spacial score (nSPS) is 14.8. The monoisotopic (exact) mass is 248 g/mol. The summed E-state index contributed by atoms with van der Waals surface area (Å²) >= 11 is 0. The molecule has 2 heteroatoms. The fourth-order valence-corrected chi connectivity index (χ4v) is 2.28. The fourth-order valence-electron chi connectivity index (χ4n) is 2.28. The summed E-state index contributed by atoms with van der Waals surface area (Å²) in [5, 5.41) is 3.43. The molecule has 2 unspecified atom stereocenters. The van der Waals surface area contributed by atoms with Gasteiger partial charge in [0.15, 0.2) is 0 Å². The molecule has 0 saturated carbocycles. The van der Waals surface area contributed by atoms with Crippen LogP contribution in [0.1, 0.15) is 62.3 Å². The molecule has 1 rings (SSSR count). The molecule has 0 radical (unpaired) electrons. The molecule has 0 spiro atoms. The van der Waals surface area contributed by atoms with Crippen molar-refractivity contribution in [1.82, 2.24) is 5.32 Å². The third-order valence-electron chi connectivity index (χ3n) is 3.60. The molecule has 0 aliphatic heterocycles. The number of hydrogen-bond donors (Lipinski definition) is 2. The maximum atomic E-state index is 5.86. The molecule has 102 valence electrons. The van der Waals surface area contributed by atoms with Gasteiger partial charge in [0, 0.05) is 12.1 Å². The number of nitrogens with one attached hydrogen (secondary N) is 1. The first kappa shape index (κ1) is 15.2. The minimum Gasteiger partial charge on any atom is -0.328 e. The van der Waals surface area contributed by atoms with Crippen molar-refractivity contribution >= 4 is 0 Å². The van der Waals surface area contributed by atoms with E-state index >= 15 is 0 Å². The van der Waals surface area contributed by atoms with Gasteiger partial charge in [-0.3, -0.25) is 0 Å². The summed E-state index contributed by atoms with van der Waals surface area (Å²) in [4.78, 5) is 0. The highest BCUT2D eigenvalue weighted by molar-refractivity contribution is 5.34. The molecule has 0 amide bonds. The molecule has 0 fully saturated rings. The highest BCUT2D eigenvalue weighted by Gasteiger charge is 2.13. The summed E-state index contributed by atoms with van der Waals surface area (Å²) in [6.45, 7) is 8.75. The van der Waals surface area contributed by atoms with Gasteiger partial charge < -0.3 is 11.1 Å². The van der Waals surface area contributed by atoms with Gasteiger partial charge in [0.05, 0.1) is 0 Å². The van der Waals surface area contributed by atoms with Crippen LogP contribution in [0.3, 0.4) is 0 Å². The zero-order valence-electron chi connectivity index (χ0n) is 12.5. The van der Waals surface area contributed by atoms with Crippen molar-refractivity contribution in [2.75, 3.05) is 7.05 Å². The maximum absolute atomic E-state index is 5.86. The van der Waals surface area contributed by atoms with E-state index in [1.807, 2.05) is 7.05 Å². The van der Waals surface area contributed by atoms with E-state index in [1.54, 1.807) is 0 Å². The second-order valence-electron chi connectivity index (χ2n) is 5.67. The molecular formula is C16H28N2. The van der Waals surface area contributed by atoms with Gasteiger partial charge in [-0.25, -0.2) is 0 Å². The van der Waals surface area contributed by atoms with Crippen LogP contribution in [0.25, 0.3) is 0 Å². The first-order valence-electron chi connectivity index (χ1n) is 6.99. The predicted octanol–water partition coefficient (Wildman–Crippen LogP) is 3.51. The average Bonchev–Trinajstić information content (AvgIpc) is 2.31. The van der Waals surface area contributed by atoms with Crippen LogP contribution in [0.5, 0.6) is 0 Å². The van der Waals surface area contributed by atoms with Crippen LogP contribution in [0.2, 0.25) is 0 Å². The summed E-state index contributed by atoms with van der Waals surface area (Å²) < 4.78 is 0. The van der Waals surface area contributed by atoms with Crippen LogP contribution in [0.4, 0.5) is 0 Å². The van der Waals surface area contributed by atoms with Crippen molar-refractivity contribution in [3.05, 3.63) is 34.9 Å². The molecule has 0 aliphatic carbocycles. The number of aryl methyl sites for hydroxylation is 1. The van der Waals surface area contributed by atoms with Crippen LogP contribution >= 0.6 is 0 Å². The van der Waals surface area contributed by atoms with Crippen LogP contribution in [0, 0.1) is 6.92 Å². The van der Waals surface area contributed by atoms with E-state index in [0.717, 1.165) is 12.8 Å². The maximum Gasteiger partial charge on any atom is 0.0320 e. The molecule has 0 heterocycles. The van der Waals surface area contributed by atoms with Gasteiger partial charge in [0.1, 0.15) is 0 Å². The quantitative estimate of drug-likeness (QED) is 0.808. The summed E-state index contributed by atoms with van der Waals surface area (Å²) in [6.07, 6.45) is 2.15. The number of rotatable bonds is 6. The second kappa shape index (κ2) is 6.91. The van der Waals surface area contributed by atoms with Gasteiger partial charge in [0.25, 0.3) is 0 Å². The Bertz CT molecular complexity index is 369. The molecule has 1 aromatic carbocycles. The Balaban J connectivity index is 2.93. The van der Waals surface area contributed by atoms with Crippen LogP contribution in [-0.2, 0) is 0 Å². The fraction of sp³-hybridized carbons (Fsp3) is 0.625. The third-order valence-corrected chi connectivity index (χ3v) is 3.60. The Morgan fingerprint density at radius 3 is 2.33 bits per heavy atom. The lowest BCUT2D eigenvalue weighted by Crippen LogP contribution is -2.22. The number of hydrogen-bond acceptors (Lipinski definition) is 2. The molecule has 0 aliphatic rings. The number of nitrogens with two attached hydrogens (primary N) is 1. The van der Waals surface area contributed by atoms with Gasteiger partial charge in [0.2, 0.25) is 0 Å². The molecule has 18 heavy (non-hydrogen) atoms. The molecule has 2 nitrogen and oxygen atoms in total. The van der Waals surface area contributed by atoms with Gasteiger partial charge in [-0.2, -0.15) is 0 Å². The Hall–Kier alpha value is -0.860. The molecule has 0 bridgehead atoms. The molecule has 0 saturated heterocycles. The van der Waals surface area contributed by atoms with E-state index in [0.29, 0.717) is 12.0 Å². The lowest BCUT2D eigenvalue weighted by Gasteiger charge is -2.21. The van der Waals surface area contributed by atoms with E-state index < -0.39 is 0 Å². The van der Waals surface area contributed by atoms with Gasteiger partial charge in [-0.15, -0.1) is 0 Å². The van der Waals surface area contributed by atoms with Crippen LogP contribution in [0.15, 0.2) is 18.2 Å². The second-order valence-corrected chi connectivity index (χ2v) is 5.67. The van der Waals surface area contributed by atoms with E-state index in [4.69, 9.17) is 5.73 Å². The lowest BCUT2D eigenvalue weighted by molar-refractivity contribution is 0.494. The predicted molar refractivity (Wildman–Crippen MR) is 80.0 cm³/mol. The van der Waals surface area contributed by atoms with E-state index in [9.17, 15) is 0 Å². The Morgan fingerprint density at radius 2 is 1.83 bits per heavy atom. The summed E-state index contributed by atoms with van der Waals surface area (Å²) in [6, 6.07) is 7.51. The van der Waals surface area contributed by atoms with Crippen molar-refractivity contribution < 1.29 is 0 Å². The highest BCUT2D eigenvalue weighted by atomic mass is 14.9. The van der Waals surface area contributed by atoms with Gasteiger partial charge in [-0.05, 0) is 56.3 Å². The van der Waals surface area contributed by atoms with E-state index in [1.165, 1.54) is 16.7 Å². The summed E-state index contributed by atoms with van der Waals surface area (Å²) in [5.41, 5.74) is 10.1. The van der Waals surface area contributed by atoms with Crippen molar-refractivity contribution in [1.29, 1.82) is 0 Å². The van der Waals surface area contributed by atoms with E-state index in [2.05, 4.69) is 51.2 Å². The average molecular weight is 248 g/mol. The largest absolute Gasteiger partial charge is 0.328 e. The minimum absolute atomic E-state index is 0.273. The molecule has 3 N–H and O–H groups in total. The standard InChI is InChI=1S/C16H28N2/c1-11(2)14-8-6-12(3)15(10-14)16(18-5)9-7-13(4)17/h6,8,10-11,13,16,18H,7,9,17H2,1-5H3. The van der Waals surface area contributed by atoms with Crippen molar-refractivity contribution in [3.8, 4) is 0 Å². The van der Waals surface area contributed by atoms with E-state index in [-0.39, 0.29) is 6.04 Å². The smallest absolute Gasteiger partial charge is 0.0320 e. The van der Waals surface area contributed by atoms with Gasteiger partial charge >= 0.3 is 0 Å². The lowest BCUT2D eigenvalue weighted by atomic mass is 9.91. The van der Waals surface area contributed by atoms with Crippen molar-refractivity contribution in [2.45, 2.75) is 58.5 Å². The Morgan fingerprint density at radius 1 is 1.17 bits per heavy atom. The molecule has 1 aromatic rings. The van der Waals surface area contributed by atoms with Gasteiger partial charge in [-0.1, -0.05) is 32.0 Å². The van der Waals surface area contributed by atoms with Crippen LogP contribution in [-0.4, -0.2) is 13.1 Å². The Labute approximate surface area is 112 Å². The topological polar surface area (TPSA) is 38.0 Å². The first-order valence-corrected chi connectivity index (χ1v) is 6.99. The summed E-state index contributed by atoms with van der Waals surface area (Å²) in [7, 11) is 2.04. The first-order chi connectivity index (χ1) is 8.45. The molecule has 2 atom stereocenters. The number of benzene rings is 1.